The van der Waals surface area contributed by atoms with Gasteiger partial charge in [0.25, 0.3) is 0 Å². The molecule has 0 bridgehead atoms. The molecule has 0 saturated carbocycles. The summed E-state index contributed by atoms with van der Waals surface area (Å²) in [5.74, 6) is 0.615. The van der Waals surface area contributed by atoms with E-state index in [4.69, 9.17) is 4.74 Å². The number of nitrogens with zero attached hydrogens (tertiary/aromatic N) is 2. The van der Waals surface area contributed by atoms with Gasteiger partial charge in [0, 0.05) is 17.1 Å². The summed E-state index contributed by atoms with van der Waals surface area (Å²) in [6, 6.07) is 9.73. The molecule has 0 fully saturated rings. The number of anilines is 1. The van der Waals surface area contributed by atoms with Gasteiger partial charge in [0.1, 0.15) is 5.82 Å². The van der Waals surface area contributed by atoms with Crippen LogP contribution in [0.4, 0.5) is 5.82 Å². The minimum absolute atomic E-state index is 0.0719. The second-order valence-electron chi connectivity index (χ2n) is 4.46. The van der Waals surface area contributed by atoms with Gasteiger partial charge in [-0.2, -0.15) is 5.10 Å². The average Bonchev–Trinajstić information content (AvgIpc) is 2.89. The molecule has 5 nitrogen and oxygen atoms in total. The summed E-state index contributed by atoms with van der Waals surface area (Å²) >= 11 is 3.51. The van der Waals surface area contributed by atoms with Crippen molar-refractivity contribution >= 4 is 27.7 Å². The fourth-order valence-electron chi connectivity index (χ4n) is 1.87. The van der Waals surface area contributed by atoms with E-state index in [9.17, 15) is 4.79 Å². The van der Waals surface area contributed by atoms with E-state index >= 15 is 0 Å². The van der Waals surface area contributed by atoms with Crippen LogP contribution in [0.3, 0.4) is 0 Å². The molecule has 112 valence electrons. The number of nitrogens with one attached hydrogen (secondary N) is 1. The van der Waals surface area contributed by atoms with Crippen LogP contribution in [0, 0.1) is 0 Å². The molecule has 1 N–H and O–H groups in total. The highest BCUT2D eigenvalue weighted by Gasteiger charge is 2.08. The van der Waals surface area contributed by atoms with Gasteiger partial charge in [-0.15, -0.1) is 0 Å². The Hall–Kier alpha value is -1.66. The Morgan fingerprint density at radius 3 is 2.95 bits per heavy atom. The van der Waals surface area contributed by atoms with Gasteiger partial charge in [-0.25, -0.2) is 4.68 Å². The van der Waals surface area contributed by atoms with Crippen LogP contribution in [0.5, 0.6) is 0 Å². The van der Waals surface area contributed by atoms with E-state index < -0.39 is 0 Å². The number of ether oxygens (including phenoxy) is 1. The molecule has 0 atom stereocenters. The van der Waals surface area contributed by atoms with Crippen LogP contribution in [0.1, 0.15) is 18.9 Å². The van der Waals surface area contributed by atoms with Crippen molar-refractivity contribution in [3.63, 3.8) is 0 Å². The number of rotatable bonds is 7. The van der Waals surface area contributed by atoms with Gasteiger partial charge < -0.3 is 10.1 Å². The lowest BCUT2D eigenvalue weighted by Gasteiger charge is -2.10. The predicted octanol–water partition coefficient (Wildman–Crippen LogP) is 3.06. The number of amides is 1. The summed E-state index contributed by atoms with van der Waals surface area (Å²) in [4.78, 5) is 11.8. The molecule has 0 saturated heterocycles. The van der Waals surface area contributed by atoms with Gasteiger partial charge >= 0.3 is 0 Å². The largest absolute Gasteiger partial charge is 0.381 e. The number of aromatic nitrogens is 2. The van der Waals surface area contributed by atoms with Gasteiger partial charge in [-0.3, -0.25) is 4.79 Å². The van der Waals surface area contributed by atoms with Crippen LogP contribution >= 0.6 is 15.9 Å². The van der Waals surface area contributed by atoms with Gasteiger partial charge in [0.15, 0.2) is 0 Å². The molecule has 1 heterocycles. The zero-order chi connectivity index (χ0) is 15.1. The third-order valence-electron chi connectivity index (χ3n) is 2.94. The summed E-state index contributed by atoms with van der Waals surface area (Å²) in [5.41, 5.74) is 1.10. The van der Waals surface area contributed by atoms with Crippen LogP contribution in [0.15, 0.2) is 41.0 Å². The first-order valence-electron chi connectivity index (χ1n) is 6.83. The zero-order valence-corrected chi connectivity index (χ0v) is 13.5. The Morgan fingerprint density at radius 1 is 1.38 bits per heavy atom. The highest BCUT2D eigenvalue weighted by atomic mass is 79.9. The molecule has 1 amide bonds. The molecule has 0 aliphatic carbocycles. The second-order valence-corrected chi connectivity index (χ2v) is 5.31. The first kappa shape index (κ1) is 15.7. The van der Waals surface area contributed by atoms with Gasteiger partial charge in [0.2, 0.25) is 5.91 Å². The number of benzene rings is 1. The Morgan fingerprint density at radius 2 is 2.19 bits per heavy atom. The van der Waals surface area contributed by atoms with Crippen LogP contribution < -0.4 is 5.32 Å². The SMILES string of the molecule is CCOCCC(=O)Nc1ccnn1Cc1ccccc1Br. The third-order valence-corrected chi connectivity index (χ3v) is 3.71. The molecule has 0 radical (unpaired) electrons. The summed E-state index contributed by atoms with van der Waals surface area (Å²) < 4.78 is 7.96. The number of carbonyl (C=O) groups is 1. The average molecular weight is 352 g/mol. The van der Waals surface area contributed by atoms with Crippen LogP contribution in [0.2, 0.25) is 0 Å². The van der Waals surface area contributed by atoms with E-state index in [2.05, 4.69) is 26.3 Å². The lowest BCUT2D eigenvalue weighted by Crippen LogP contribution is -2.17. The molecule has 0 spiro atoms. The molecule has 2 aromatic rings. The predicted molar refractivity (Wildman–Crippen MR) is 85.2 cm³/mol. The highest BCUT2D eigenvalue weighted by molar-refractivity contribution is 9.10. The fraction of sp³-hybridized carbons (Fsp3) is 0.333. The molecular weight excluding hydrogens is 334 g/mol. The summed E-state index contributed by atoms with van der Waals surface area (Å²) in [6.45, 7) is 3.55. The van der Waals surface area contributed by atoms with Crippen LogP contribution in [-0.4, -0.2) is 28.9 Å². The van der Waals surface area contributed by atoms with E-state index in [1.807, 2.05) is 31.2 Å². The minimum Gasteiger partial charge on any atom is -0.381 e. The Kier molecular flexibility index (Phi) is 5.95. The maximum absolute atomic E-state index is 11.8. The number of hydrogen-bond donors (Lipinski definition) is 1. The Labute approximate surface area is 132 Å². The Bertz CT molecular complexity index is 598. The standard InChI is InChI=1S/C15H18BrN3O2/c1-2-21-10-8-15(20)18-14-7-9-17-19(14)11-12-5-3-4-6-13(12)16/h3-7,9H,2,8,10-11H2,1H3,(H,18,20). The zero-order valence-electron chi connectivity index (χ0n) is 11.9. The molecule has 2 rings (SSSR count). The van der Waals surface area contributed by atoms with Crippen LogP contribution in [0.25, 0.3) is 0 Å². The molecular formula is C15H18BrN3O2. The molecule has 0 aliphatic rings. The first-order valence-corrected chi connectivity index (χ1v) is 7.63. The number of hydrogen-bond acceptors (Lipinski definition) is 3. The van der Waals surface area contributed by atoms with Crippen molar-refractivity contribution < 1.29 is 9.53 Å². The van der Waals surface area contributed by atoms with Crippen molar-refractivity contribution in [2.45, 2.75) is 19.9 Å². The van der Waals surface area contributed by atoms with E-state index in [1.165, 1.54) is 0 Å². The van der Waals surface area contributed by atoms with Crippen molar-refractivity contribution in [2.75, 3.05) is 18.5 Å². The maximum Gasteiger partial charge on any atom is 0.227 e. The molecule has 6 heteroatoms. The second kappa shape index (κ2) is 7.95. The molecule has 1 aromatic carbocycles. The van der Waals surface area contributed by atoms with Gasteiger partial charge in [-0.1, -0.05) is 34.1 Å². The summed E-state index contributed by atoms with van der Waals surface area (Å²) in [5, 5.41) is 7.11. The fourth-order valence-corrected chi connectivity index (χ4v) is 2.28. The first-order chi connectivity index (χ1) is 10.2. The van der Waals surface area contributed by atoms with Gasteiger partial charge in [0.05, 0.1) is 25.8 Å². The van der Waals surface area contributed by atoms with Crippen molar-refractivity contribution in [2.24, 2.45) is 0 Å². The van der Waals surface area contributed by atoms with Crippen molar-refractivity contribution in [1.29, 1.82) is 0 Å². The van der Waals surface area contributed by atoms with E-state index in [0.717, 1.165) is 10.0 Å². The molecule has 1 aromatic heterocycles. The maximum atomic E-state index is 11.8. The Balaban J connectivity index is 1.99. The molecule has 0 aliphatic heterocycles. The number of carbonyl (C=O) groups excluding carboxylic acids is 1. The monoisotopic (exact) mass is 351 g/mol. The summed E-state index contributed by atoms with van der Waals surface area (Å²) in [7, 11) is 0. The minimum atomic E-state index is -0.0719. The molecule has 0 unspecified atom stereocenters. The van der Waals surface area contributed by atoms with Crippen molar-refractivity contribution in [1.82, 2.24) is 9.78 Å². The summed E-state index contributed by atoms with van der Waals surface area (Å²) in [6.07, 6.45) is 2.02. The van der Waals surface area contributed by atoms with Crippen LogP contribution in [-0.2, 0) is 16.1 Å². The quantitative estimate of drug-likeness (QED) is 0.780. The normalized spacial score (nSPS) is 10.6. The lowest BCUT2D eigenvalue weighted by atomic mass is 10.2. The van der Waals surface area contributed by atoms with Crippen molar-refractivity contribution in [3.8, 4) is 0 Å². The van der Waals surface area contributed by atoms with E-state index in [0.29, 0.717) is 32.0 Å². The van der Waals surface area contributed by atoms with E-state index in [-0.39, 0.29) is 5.91 Å². The highest BCUT2D eigenvalue weighted by Crippen LogP contribution is 2.18. The van der Waals surface area contributed by atoms with Gasteiger partial charge in [-0.05, 0) is 18.6 Å². The molecule has 21 heavy (non-hydrogen) atoms. The third kappa shape index (κ3) is 4.68. The number of halogens is 1. The van der Waals surface area contributed by atoms with Crippen molar-refractivity contribution in [3.05, 3.63) is 46.6 Å². The smallest absolute Gasteiger partial charge is 0.227 e. The topological polar surface area (TPSA) is 56.1 Å². The lowest BCUT2D eigenvalue weighted by molar-refractivity contribution is -0.117. The van der Waals surface area contributed by atoms with E-state index in [1.54, 1.807) is 16.9 Å².